The van der Waals surface area contributed by atoms with E-state index in [2.05, 4.69) is 10.3 Å². The first kappa shape index (κ1) is 16.9. The molecule has 0 saturated carbocycles. The van der Waals surface area contributed by atoms with E-state index in [-0.39, 0.29) is 17.1 Å². The van der Waals surface area contributed by atoms with Crippen LogP contribution in [-0.2, 0) is 16.4 Å². The standard InChI is InChI=1S/C16H16N4O4S/c1-11-5-3-8-15-18-12(10-19(11)15)9-17-13-6-4-7-14(25(2,23)24)16(13)20(21)22/h3-8,10,17H,9H2,1-2H3. The van der Waals surface area contributed by atoms with Gasteiger partial charge in [-0.3, -0.25) is 10.1 Å². The van der Waals surface area contributed by atoms with E-state index in [9.17, 15) is 18.5 Å². The summed E-state index contributed by atoms with van der Waals surface area (Å²) >= 11 is 0. The van der Waals surface area contributed by atoms with Gasteiger partial charge in [-0.05, 0) is 31.2 Å². The van der Waals surface area contributed by atoms with E-state index >= 15 is 0 Å². The lowest BCUT2D eigenvalue weighted by Gasteiger charge is -2.08. The summed E-state index contributed by atoms with van der Waals surface area (Å²) in [5.41, 5.74) is 2.16. The number of pyridine rings is 1. The average molecular weight is 360 g/mol. The molecule has 0 fully saturated rings. The van der Waals surface area contributed by atoms with Gasteiger partial charge in [0.1, 0.15) is 16.2 Å². The average Bonchev–Trinajstić information content (AvgIpc) is 2.96. The van der Waals surface area contributed by atoms with Gasteiger partial charge in [0.15, 0.2) is 9.84 Å². The maximum Gasteiger partial charge on any atom is 0.310 e. The van der Waals surface area contributed by atoms with Gasteiger partial charge in [0, 0.05) is 18.1 Å². The Kier molecular flexibility index (Phi) is 4.17. The minimum absolute atomic E-state index is 0.140. The number of anilines is 1. The highest BCUT2D eigenvalue weighted by molar-refractivity contribution is 7.90. The maximum absolute atomic E-state index is 11.8. The second kappa shape index (κ2) is 6.17. The molecular formula is C16H16N4O4S. The SMILES string of the molecule is Cc1cccc2nc(CNc3cccc(S(C)(=O)=O)c3[N+](=O)[O-])cn12. The van der Waals surface area contributed by atoms with Crippen molar-refractivity contribution in [2.45, 2.75) is 18.4 Å². The molecule has 0 radical (unpaired) electrons. The fourth-order valence-electron chi connectivity index (χ4n) is 2.62. The zero-order valence-electron chi connectivity index (χ0n) is 13.6. The Balaban J connectivity index is 1.95. The van der Waals surface area contributed by atoms with Crippen LogP contribution in [-0.4, -0.2) is 29.0 Å². The van der Waals surface area contributed by atoms with Crippen LogP contribution >= 0.6 is 0 Å². The zero-order chi connectivity index (χ0) is 18.2. The summed E-state index contributed by atoms with van der Waals surface area (Å²) in [6, 6.07) is 9.89. The lowest BCUT2D eigenvalue weighted by molar-refractivity contribution is -0.386. The topological polar surface area (TPSA) is 107 Å². The molecule has 0 amide bonds. The molecule has 0 aliphatic rings. The fourth-order valence-corrected chi connectivity index (χ4v) is 3.48. The molecular weight excluding hydrogens is 344 g/mol. The number of rotatable bonds is 5. The number of sulfone groups is 1. The molecule has 0 spiro atoms. The smallest absolute Gasteiger partial charge is 0.310 e. The van der Waals surface area contributed by atoms with Gasteiger partial charge >= 0.3 is 5.69 Å². The number of imidazole rings is 1. The number of hydrogen-bond acceptors (Lipinski definition) is 6. The number of nitro groups is 1. The quantitative estimate of drug-likeness (QED) is 0.553. The van der Waals surface area contributed by atoms with Crippen LogP contribution in [0.4, 0.5) is 11.4 Å². The highest BCUT2D eigenvalue weighted by Crippen LogP contribution is 2.32. The Bertz CT molecular complexity index is 1070. The van der Waals surface area contributed by atoms with Crippen molar-refractivity contribution in [2.24, 2.45) is 0 Å². The van der Waals surface area contributed by atoms with Crippen molar-refractivity contribution in [1.82, 2.24) is 9.38 Å². The molecule has 0 bridgehead atoms. The summed E-state index contributed by atoms with van der Waals surface area (Å²) in [6.45, 7) is 2.18. The minimum Gasteiger partial charge on any atom is -0.374 e. The zero-order valence-corrected chi connectivity index (χ0v) is 14.4. The highest BCUT2D eigenvalue weighted by atomic mass is 32.2. The molecule has 0 aliphatic carbocycles. The molecule has 3 aromatic rings. The Morgan fingerprint density at radius 1 is 1.24 bits per heavy atom. The van der Waals surface area contributed by atoms with Crippen molar-refractivity contribution in [1.29, 1.82) is 0 Å². The van der Waals surface area contributed by atoms with E-state index < -0.39 is 20.4 Å². The molecule has 2 heterocycles. The van der Waals surface area contributed by atoms with Crippen LogP contribution in [0.2, 0.25) is 0 Å². The van der Waals surface area contributed by atoms with Crippen molar-refractivity contribution >= 4 is 26.9 Å². The van der Waals surface area contributed by atoms with Gasteiger partial charge in [0.05, 0.1) is 17.2 Å². The number of para-hydroxylation sites is 1. The van der Waals surface area contributed by atoms with E-state index in [1.165, 1.54) is 18.2 Å². The summed E-state index contributed by atoms with van der Waals surface area (Å²) in [7, 11) is -3.71. The van der Waals surface area contributed by atoms with Crippen LogP contribution in [0.1, 0.15) is 11.4 Å². The molecule has 3 rings (SSSR count). The van der Waals surface area contributed by atoms with Crippen molar-refractivity contribution in [3.8, 4) is 0 Å². The first-order valence-corrected chi connectivity index (χ1v) is 9.31. The summed E-state index contributed by atoms with van der Waals surface area (Å²) < 4.78 is 25.5. The van der Waals surface area contributed by atoms with Crippen LogP contribution in [0.5, 0.6) is 0 Å². The molecule has 0 aliphatic heterocycles. The normalized spacial score (nSPS) is 11.6. The summed E-state index contributed by atoms with van der Waals surface area (Å²) in [4.78, 5) is 14.8. The fraction of sp³-hybridized carbons (Fsp3) is 0.188. The number of hydrogen-bond donors (Lipinski definition) is 1. The first-order chi connectivity index (χ1) is 11.8. The van der Waals surface area contributed by atoms with Crippen molar-refractivity contribution < 1.29 is 13.3 Å². The van der Waals surface area contributed by atoms with Crippen molar-refractivity contribution in [2.75, 3.05) is 11.6 Å². The van der Waals surface area contributed by atoms with Gasteiger partial charge in [-0.1, -0.05) is 12.1 Å². The van der Waals surface area contributed by atoms with Gasteiger partial charge in [0.2, 0.25) is 0 Å². The third kappa shape index (κ3) is 3.31. The summed E-state index contributed by atoms with van der Waals surface area (Å²) in [5, 5.41) is 14.3. The Hall–Kier alpha value is -2.94. The van der Waals surface area contributed by atoms with Gasteiger partial charge < -0.3 is 9.72 Å². The lowest BCUT2D eigenvalue weighted by Crippen LogP contribution is -2.08. The molecule has 1 aromatic carbocycles. The number of aromatic nitrogens is 2. The third-order valence-corrected chi connectivity index (χ3v) is 4.92. The van der Waals surface area contributed by atoms with E-state index in [0.29, 0.717) is 5.69 Å². The van der Waals surface area contributed by atoms with E-state index in [1.54, 1.807) is 0 Å². The molecule has 1 N–H and O–H groups in total. The number of aryl methyl sites for hydroxylation is 1. The molecule has 8 nitrogen and oxygen atoms in total. The molecule has 130 valence electrons. The first-order valence-electron chi connectivity index (χ1n) is 7.42. The predicted octanol–water partition coefficient (Wildman–Crippen LogP) is 2.57. The number of nitro benzene ring substituents is 1. The van der Waals surface area contributed by atoms with Crippen LogP contribution in [0.25, 0.3) is 5.65 Å². The highest BCUT2D eigenvalue weighted by Gasteiger charge is 2.26. The number of benzene rings is 1. The monoisotopic (exact) mass is 360 g/mol. The predicted molar refractivity (Wildman–Crippen MR) is 93.5 cm³/mol. The van der Waals surface area contributed by atoms with Gasteiger partial charge in [0.25, 0.3) is 0 Å². The van der Waals surface area contributed by atoms with Crippen LogP contribution in [0, 0.1) is 17.0 Å². The van der Waals surface area contributed by atoms with Gasteiger partial charge in [-0.2, -0.15) is 0 Å². The second-order valence-corrected chi connectivity index (χ2v) is 7.65. The molecule has 0 atom stereocenters. The Morgan fingerprint density at radius 2 is 1.96 bits per heavy atom. The Morgan fingerprint density at radius 3 is 2.60 bits per heavy atom. The number of fused-ring (bicyclic) bond motifs is 1. The number of nitrogens with zero attached hydrogens (tertiary/aromatic N) is 3. The third-order valence-electron chi connectivity index (χ3n) is 3.79. The molecule has 0 saturated heterocycles. The van der Waals surface area contributed by atoms with E-state index in [4.69, 9.17) is 0 Å². The second-order valence-electron chi connectivity index (χ2n) is 5.66. The summed E-state index contributed by atoms with van der Waals surface area (Å²) in [5.74, 6) is 0. The minimum atomic E-state index is -3.71. The van der Waals surface area contributed by atoms with Gasteiger partial charge in [-0.25, -0.2) is 13.4 Å². The molecule has 9 heteroatoms. The van der Waals surface area contributed by atoms with Crippen molar-refractivity contribution in [3.05, 3.63) is 64.1 Å². The Labute approximate surface area is 144 Å². The summed E-state index contributed by atoms with van der Waals surface area (Å²) in [6.07, 6.45) is 2.79. The van der Waals surface area contributed by atoms with E-state index in [0.717, 1.165) is 17.6 Å². The molecule has 25 heavy (non-hydrogen) atoms. The number of nitrogens with one attached hydrogen (secondary N) is 1. The van der Waals surface area contributed by atoms with Crippen LogP contribution in [0.15, 0.2) is 47.5 Å². The van der Waals surface area contributed by atoms with Gasteiger partial charge in [-0.15, -0.1) is 0 Å². The molecule has 2 aromatic heterocycles. The van der Waals surface area contributed by atoms with Crippen LogP contribution in [0.3, 0.4) is 0 Å². The lowest BCUT2D eigenvalue weighted by atomic mass is 10.2. The molecule has 0 unspecified atom stereocenters. The maximum atomic E-state index is 11.8. The largest absolute Gasteiger partial charge is 0.374 e. The van der Waals surface area contributed by atoms with E-state index in [1.807, 2.05) is 35.7 Å². The van der Waals surface area contributed by atoms with Crippen molar-refractivity contribution in [3.63, 3.8) is 0 Å². The van der Waals surface area contributed by atoms with Crippen LogP contribution < -0.4 is 5.32 Å².